The lowest BCUT2D eigenvalue weighted by molar-refractivity contribution is 0.102. The van der Waals surface area contributed by atoms with E-state index in [1.54, 1.807) is 12.1 Å². The van der Waals surface area contributed by atoms with Crippen LogP contribution in [0.15, 0.2) is 71.6 Å². The molecule has 0 unspecified atom stereocenters. The molecule has 0 aliphatic rings. The Balaban J connectivity index is 1.83. The summed E-state index contributed by atoms with van der Waals surface area (Å²) in [6.45, 7) is 0. The zero-order valence-corrected chi connectivity index (χ0v) is 16.4. The molecule has 9 heteroatoms. The van der Waals surface area contributed by atoms with Gasteiger partial charge in [0.05, 0.1) is 15.5 Å². The summed E-state index contributed by atoms with van der Waals surface area (Å²) in [6, 6.07) is 15.6. The number of carbonyl (C=O) groups is 1. The van der Waals surface area contributed by atoms with Gasteiger partial charge in [-0.3, -0.25) is 9.52 Å². The number of hydrogen-bond acceptors (Lipinski definition) is 3. The number of nitrogens with one attached hydrogen (secondary N) is 2. The predicted molar refractivity (Wildman–Crippen MR) is 108 cm³/mol. The van der Waals surface area contributed by atoms with Crippen molar-refractivity contribution in [2.45, 2.75) is 4.90 Å². The Hall–Kier alpha value is -2.61. The first-order valence-corrected chi connectivity index (χ1v) is 10.1. The van der Waals surface area contributed by atoms with Gasteiger partial charge in [-0.2, -0.15) is 0 Å². The summed E-state index contributed by atoms with van der Waals surface area (Å²) < 4.78 is 41.4. The number of anilines is 2. The molecule has 0 radical (unpaired) electrons. The largest absolute Gasteiger partial charge is 0.322 e. The topological polar surface area (TPSA) is 75.3 Å². The molecule has 5 nitrogen and oxygen atoms in total. The second-order valence-electron chi connectivity index (χ2n) is 5.69. The van der Waals surface area contributed by atoms with Gasteiger partial charge in [-0.25, -0.2) is 12.8 Å². The van der Waals surface area contributed by atoms with E-state index in [1.165, 1.54) is 48.5 Å². The van der Waals surface area contributed by atoms with E-state index in [4.69, 9.17) is 23.2 Å². The number of carbonyl (C=O) groups excluding carboxylic acids is 1. The van der Waals surface area contributed by atoms with Crippen molar-refractivity contribution in [2.24, 2.45) is 0 Å². The minimum absolute atomic E-state index is 0.0503. The Morgan fingerprint density at radius 3 is 2.25 bits per heavy atom. The second kappa shape index (κ2) is 8.18. The third-order valence-electron chi connectivity index (χ3n) is 3.69. The zero-order valence-electron chi connectivity index (χ0n) is 14.1. The average molecular weight is 439 g/mol. The first-order chi connectivity index (χ1) is 13.3. The third-order valence-corrected chi connectivity index (χ3v) is 5.63. The monoisotopic (exact) mass is 438 g/mol. The molecule has 144 valence electrons. The molecule has 0 aromatic heterocycles. The molecule has 3 rings (SSSR count). The number of benzene rings is 3. The Bertz CT molecular complexity index is 1120. The Morgan fingerprint density at radius 2 is 1.57 bits per heavy atom. The van der Waals surface area contributed by atoms with Gasteiger partial charge in [0.25, 0.3) is 15.9 Å². The van der Waals surface area contributed by atoms with Crippen molar-refractivity contribution in [3.63, 3.8) is 0 Å². The molecular weight excluding hydrogens is 426 g/mol. The van der Waals surface area contributed by atoms with E-state index < -0.39 is 21.7 Å². The maximum atomic E-state index is 13.9. The first kappa shape index (κ1) is 20.1. The second-order valence-corrected chi connectivity index (χ2v) is 8.22. The fourth-order valence-electron chi connectivity index (χ4n) is 2.38. The van der Waals surface area contributed by atoms with Crippen LogP contribution in [0.4, 0.5) is 15.8 Å². The van der Waals surface area contributed by atoms with E-state index >= 15 is 0 Å². The van der Waals surface area contributed by atoms with E-state index in [-0.39, 0.29) is 21.2 Å². The molecule has 0 spiro atoms. The van der Waals surface area contributed by atoms with E-state index in [2.05, 4.69) is 10.0 Å². The smallest absolute Gasteiger partial charge is 0.261 e. The highest BCUT2D eigenvalue weighted by Gasteiger charge is 2.18. The summed E-state index contributed by atoms with van der Waals surface area (Å²) in [6.07, 6.45) is 0. The van der Waals surface area contributed by atoms with Crippen molar-refractivity contribution in [1.29, 1.82) is 0 Å². The van der Waals surface area contributed by atoms with Gasteiger partial charge in [-0.05, 0) is 54.6 Å². The highest BCUT2D eigenvalue weighted by Crippen LogP contribution is 2.23. The van der Waals surface area contributed by atoms with Crippen molar-refractivity contribution in [2.75, 3.05) is 10.0 Å². The van der Waals surface area contributed by atoms with Gasteiger partial charge in [0.1, 0.15) is 5.82 Å². The Morgan fingerprint density at radius 1 is 0.893 bits per heavy atom. The van der Waals surface area contributed by atoms with E-state index in [9.17, 15) is 17.6 Å². The van der Waals surface area contributed by atoms with Gasteiger partial charge in [0.15, 0.2) is 0 Å². The molecular formula is C19H13Cl2FN2O3S. The molecule has 3 aromatic rings. The fraction of sp³-hybridized carbons (Fsp3) is 0. The Labute approximate surface area is 171 Å². The number of amides is 1. The summed E-state index contributed by atoms with van der Waals surface area (Å²) in [7, 11) is -3.91. The molecule has 1 amide bonds. The maximum absolute atomic E-state index is 13.9. The first-order valence-electron chi connectivity index (χ1n) is 7.90. The lowest BCUT2D eigenvalue weighted by Crippen LogP contribution is -2.16. The third kappa shape index (κ3) is 4.62. The molecule has 0 saturated heterocycles. The molecule has 2 N–H and O–H groups in total. The van der Waals surface area contributed by atoms with E-state index in [0.717, 1.165) is 6.07 Å². The van der Waals surface area contributed by atoms with Gasteiger partial charge >= 0.3 is 0 Å². The summed E-state index contributed by atoms with van der Waals surface area (Å²) >= 11 is 11.7. The van der Waals surface area contributed by atoms with Crippen LogP contribution in [0, 0.1) is 5.82 Å². The summed E-state index contributed by atoms with van der Waals surface area (Å²) in [5.74, 6) is -1.57. The van der Waals surface area contributed by atoms with Gasteiger partial charge in [-0.1, -0.05) is 35.3 Å². The van der Waals surface area contributed by atoms with Gasteiger partial charge in [0.2, 0.25) is 0 Å². The molecule has 0 atom stereocenters. The van der Waals surface area contributed by atoms with Gasteiger partial charge in [0, 0.05) is 16.4 Å². The minimum atomic E-state index is -3.91. The van der Waals surface area contributed by atoms with Crippen LogP contribution in [-0.4, -0.2) is 14.3 Å². The lowest BCUT2D eigenvalue weighted by Gasteiger charge is -2.11. The van der Waals surface area contributed by atoms with E-state index in [0.29, 0.717) is 10.7 Å². The molecule has 0 aliphatic heterocycles. The molecule has 3 aromatic carbocycles. The maximum Gasteiger partial charge on any atom is 0.261 e. The van der Waals surface area contributed by atoms with Crippen molar-refractivity contribution < 1.29 is 17.6 Å². The highest BCUT2D eigenvalue weighted by molar-refractivity contribution is 7.92. The average Bonchev–Trinajstić information content (AvgIpc) is 2.63. The molecule has 0 fully saturated rings. The van der Waals surface area contributed by atoms with Crippen molar-refractivity contribution >= 4 is 50.5 Å². The zero-order chi connectivity index (χ0) is 20.3. The summed E-state index contributed by atoms with van der Waals surface area (Å²) in [5, 5.41) is 2.87. The van der Waals surface area contributed by atoms with Crippen LogP contribution >= 0.6 is 23.2 Å². The van der Waals surface area contributed by atoms with Crippen LogP contribution in [0.2, 0.25) is 10.0 Å². The number of hydrogen-bond donors (Lipinski definition) is 2. The SMILES string of the molecule is O=C(Nc1cccc(S(=O)(=O)Nc2ccc(Cl)cc2)c1)c1c(F)cccc1Cl. The van der Waals surface area contributed by atoms with Crippen LogP contribution in [0.1, 0.15) is 10.4 Å². The molecule has 0 saturated carbocycles. The quantitative estimate of drug-likeness (QED) is 0.575. The predicted octanol–water partition coefficient (Wildman–Crippen LogP) is 5.19. The van der Waals surface area contributed by atoms with Crippen molar-refractivity contribution in [3.8, 4) is 0 Å². The normalized spacial score (nSPS) is 11.1. The highest BCUT2D eigenvalue weighted by atomic mass is 35.5. The summed E-state index contributed by atoms with van der Waals surface area (Å²) in [5.41, 5.74) is 0.178. The minimum Gasteiger partial charge on any atom is -0.322 e. The number of rotatable bonds is 5. The lowest BCUT2D eigenvalue weighted by atomic mass is 10.2. The molecule has 0 bridgehead atoms. The van der Waals surface area contributed by atoms with Crippen molar-refractivity contribution in [3.05, 3.63) is 88.2 Å². The standard InChI is InChI=1S/C19H13Cl2FN2O3S/c20-12-7-9-13(10-8-12)24-28(26,27)15-4-1-3-14(11-15)23-19(25)18-16(21)5-2-6-17(18)22/h1-11,24H,(H,23,25). The van der Waals surface area contributed by atoms with E-state index in [1.807, 2.05) is 0 Å². The van der Waals surface area contributed by atoms with Crippen LogP contribution in [0.3, 0.4) is 0 Å². The summed E-state index contributed by atoms with van der Waals surface area (Å²) in [4.78, 5) is 12.2. The fourth-order valence-corrected chi connectivity index (χ4v) is 3.86. The molecule has 0 heterocycles. The number of halogens is 3. The van der Waals surface area contributed by atoms with Crippen LogP contribution in [0.5, 0.6) is 0 Å². The molecule has 0 aliphatic carbocycles. The van der Waals surface area contributed by atoms with Crippen LogP contribution < -0.4 is 10.0 Å². The Kier molecular flexibility index (Phi) is 5.88. The van der Waals surface area contributed by atoms with Gasteiger partial charge < -0.3 is 5.32 Å². The van der Waals surface area contributed by atoms with Crippen LogP contribution in [-0.2, 0) is 10.0 Å². The molecule has 28 heavy (non-hydrogen) atoms. The van der Waals surface area contributed by atoms with Crippen molar-refractivity contribution in [1.82, 2.24) is 0 Å². The van der Waals surface area contributed by atoms with Gasteiger partial charge in [-0.15, -0.1) is 0 Å². The number of sulfonamides is 1. The van der Waals surface area contributed by atoms with Crippen LogP contribution in [0.25, 0.3) is 0 Å².